The topological polar surface area (TPSA) is 99.1 Å². The van der Waals surface area contributed by atoms with Crippen molar-refractivity contribution in [3.05, 3.63) is 54.1 Å². The Bertz CT molecular complexity index is 1200. The molecule has 35 heavy (non-hydrogen) atoms. The zero-order valence-electron chi connectivity index (χ0n) is 19.7. The zero-order chi connectivity index (χ0) is 26.0. The number of hydrogen-bond donors (Lipinski definition) is 2. The molecule has 1 fully saturated rings. The van der Waals surface area contributed by atoms with Crippen molar-refractivity contribution in [1.82, 2.24) is 10.6 Å². The molecule has 1 amide bonds. The molecule has 188 valence electrons. The van der Waals surface area contributed by atoms with Gasteiger partial charge in [-0.25, -0.2) is 8.42 Å². The Morgan fingerprint density at radius 2 is 1.57 bits per heavy atom. The van der Waals surface area contributed by atoms with Crippen LogP contribution in [-0.4, -0.2) is 38.3 Å². The van der Waals surface area contributed by atoms with Gasteiger partial charge in [0.15, 0.2) is 9.84 Å². The fraction of sp³-hybridized carbons (Fsp3) is 0.440. The molecule has 6 nitrogen and oxygen atoms in total. The molecule has 10 heteroatoms. The van der Waals surface area contributed by atoms with Crippen molar-refractivity contribution in [1.29, 1.82) is 5.26 Å². The third-order valence-corrected chi connectivity index (χ3v) is 7.03. The van der Waals surface area contributed by atoms with Crippen LogP contribution in [0.15, 0.2) is 53.4 Å². The van der Waals surface area contributed by atoms with E-state index in [1.807, 2.05) is 19.9 Å². The molecule has 1 saturated carbocycles. The van der Waals surface area contributed by atoms with Crippen molar-refractivity contribution in [3.63, 3.8) is 0 Å². The van der Waals surface area contributed by atoms with Gasteiger partial charge in [-0.2, -0.15) is 18.4 Å². The fourth-order valence-corrected chi connectivity index (χ4v) is 4.41. The number of alkyl halides is 3. The quantitative estimate of drug-likeness (QED) is 0.519. The third-order valence-electron chi connectivity index (χ3n) is 5.91. The minimum Gasteiger partial charge on any atom is -0.336 e. The first-order chi connectivity index (χ1) is 16.2. The predicted octanol–water partition coefficient (Wildman–Crippen LogP) is 4.54. The first-order valence-corrected chi connectivity index (χ1v) is 13.1. The number of hydrogen-bond acceptors (Lipinski definition) is 5. The van der Waals surface area contributed by atoms with E-state index in [9.17, 15) is 31.6 Å². The molecule has 3 rings (SSSR count). The highest BCUT2D eigenvalue weighted by Crippen LogP contribution is 2.36. The van der Waals surface area contributed by atoms with E-state index in [-0.39, 0.29) is 22.8 Å². The standard InChI is InChI=1S/C25H28F3N3O3S/c1-16(2)14-21(23(32)31-24(15-29)12-13-24)30-22(25(26,27)28)19-6-4-17(5-7-19)18-8-10-20(11-9-18)35(3,33)34/h4-11,16,21-22,30H,12-14H2,1-3H3,(H,31,32)/t21?,22-/m0/s1. The maximum atomic E-state index is 14.1. The lowest BCUT2D eigenvalue weighted by molar-refractivity contribution is -0.161. The number of rotatable bonds is 9. The van der Waals surface area contributed by atoms with E-state index in [1.54, 1.807) is 12.1 Å². The molecule has 1 unspecified atom stereocenters. The number of amides is 1. The Hall–Kier alpha value is -2.90. The van der Waals surface area contributed by atoms with Crippen LogP contribution in [0.5, 0.6) is 0 Å². The van der Waals surface area contributed by atoms with Crippen LogP contribution in [0.25, 0.3) is 11.1 Å². The van der Waals surface area contributed by atoms with Crippen molar-refractivity contribution >= 4 is 15.7 Å². The van der Waals surface area contributed by atoms with Gasteiger partial charge in [0.25, 0.3) is 0 Å². The monoisotopic (exact) mass is 507 g/mol. The molecule has 0 radical (unpaired) electrons. The summed E-state index contributed by atoms with van der Waals surface area (Å²) in [6.07, 6.45) is -2.43. The molecular formula is C25H28F3N3O3S. The van der Waals surface area contributed by atoms with Gasteiger partial charge in [0.2, 0.25) is 5.91 Å². The molecule has 0 aliphatic heterocycles. The lowest BCUT2D eigenvalue weighted by Gasteiger charge is -2.29. The molecule has 0 aromatic heterocycles. The molecule has 1 aliphatic carbocycles. The lowest BCUT2D eigenvalue weighted by Crippen LogP contribution is -2.52. The van der Waals surface area contributed by atoms with Gasteiger partial charge < -0.3 is 5.32 Å². The molecule has 0 bridgehead atoms. The number of halogens is 3. The van der Waals surface area contributed by atoms with Crippen molar-refractivity contribution < 1.29 is 26.4 Å². The van der Waals surface area contributed by atoms with Gasteiger partial charge in [-0.15, -0.1) is 0 Å². The molecule has 0 spiro atoms. The average molecular weight is 508 g/mol. The largest absolute Gasteiger partial charge is 0.407 e. The van der Waals surface area contributed by atoms with E-state index in [0.717, 1.165) is 6.26 Å². The summed E-state index contributed by atoms with van der Waals surface area (Å²) in [5, 5.41) is 14.3. The normalized spacial score (nSPS) is 16.9. The fourth-order valence-electron chi connectivity index (χ4n) is 3.78. The first kappa shape index (κ1) is 26.7. The summed E-state index contributed by atoms with van der Waals surface area (Å²) in [5.74, 6) is -0.670. The van der Waals surface area contributed by atoms with Crippen LogP contribution in [0, 0.1) is 17.2 Å². The third kappa shape index (κ3) is 6.83. The molecule has 2 atom stereocenters. The summed E-state index contributed by atoms with van der Waals surface area (Å²) >= 11 is 0. The van der Waals surface area contributed by atoms with Gasteiger partial charge in [-0.3, -0.25) is 10.1 Å². The number of sulfone groups is 1. The number of carbonyl (C=O) groups excluding carboxylic acids is 1. The average Bonchev–Trinajstić information content (AvgIpc) is 3.55. The highest BCUT2D eigenvalue weighted by atomic mass is 32.2. The molecule has 2 aromatic rings. The van der Waals surface area contributed by atoms with Crippen LogP contribution in [0.1, 0.15) is 44.7 Å². The number of nitrogens with one attached hydrogen (secondary N) is 2. The first-order valence-electron chi connectivity index (χ1n) is 11.2. The van der Waals surface area contributed by atoms with Gasteiger partial charge in [0, 0.05) is 6.26 Å². The van der Waals surface area contributed by atoms with E-state index >= 15 is 0 Å². The molecule has 0 saturated heterocycles. The van der Waals surface area contributed by atoms with Crippen LogP contribution in [-0.2, 0) is 14.6 Å². The van der Waals surface area contributed by atoms with Crippen molar-refractivity contribution in [2.24, 2.45) is 5.92 Å². The Morgan fingerprint density at radius 3 is 1.97 bits per heavy atom. The highest BCUT2D eigenvalue weighted by molar-refractivity contribution is 7.90. The Kier molecular flexibility index (Phi) is 7.62. The number of carbonyl (C=O) groups is 1. The number of nitrogens with zero attached hydrogens (tertiary/aromatic N) is 1. The van der Waals surface area contributed by atoms with E-state index in [2.05, 4.69) is 10.6 Å². The van der Waals surface area contributed by atoms with Crippen LogP contribution in [0.3, 0.4) is 0 Å². The van der Waals surface area contributed by atoms with Crippen LogP contribution < -0.4 is 10.6 Å². The SMILES string of the molecule is CC(C)CC(N[C@@H](c1ccc(-c2ccc(S(C)(=O)=O)cc2)cc1)C(F)(F)F)C(=O)NC1(C#N)CC1. The summed E-state index contributed by atoms with van der Waals surface area (Å²) in [5.41, 5.74) is 0.243. The smallest absolute Gasteiger partial charge is 0.336 e. The zero-order valence-corrected chi connectivity index (χ0v) is 20.5. The second kappa shape index (κ2) is 9.99. The van der Waals surface area contributed by atoms with Gasteiger partial charge in [-0.05, 0) is 54.0 Å². The molecule has 1 aliphatic rings. The maximum Gasteiger partial charge on any atom is 0.407 e. The van der Waals surface area contributed by atoms with Gasteiger partial charge in [-0.1, -0.05) is 50.2 Å². The number of benzene rings is 2. The molecule has 2 aromatic carbocycles. The molecular weight excluding hydrogens is 479 g/mol. The summed E-state index contributed by atoms with van der Waals surface area (Å²) in [4.78, 5) is 12.9. The van der Waals surface area contributed by atoms with Crippen LogP contribution in [0.2, 0.25) is 0 Å². The van der Waals surface area contributed by atoms with Gasteiger partial charge in [0.1, 0.15) is 11.6 Å². The summed E-state index contributed by atoms with van der Waals surface area (Å²) < 4.78 is 65.5. The second-order valence-corrected chi connectivity index (χ2v) is 11.4. The van der Waals surface area contributed by atoms with Crippen molar-refractivity contribution in [2.75, 3.05) is 6.26 Å². The summed E-state index contributed by atoms with van der Waals surface area (Å²) in [6.45, 7) is 3.62. The van der Waals surface area contributed by atoms with Crippen molar-refractivity contribution in [2.45, 2.75) is 61.8 Å². The van der Waals surface area contributed by atoms with E-state index in [4.69, 9.17) is 0 Å². The van der Waals surface area contributed by atoms with Crippen molar-refractivity contribution in [3.8, 4) is 17.2 Å². The maximum absolute atomic E-state index is 14.1. The Balaban J connectivity index is 1.84. The van der Waals surface area contributed by atoms with Crippen LogP contribution >= 0.6 is 0 Å². The minimum atomic E-state index is -4.67. The van der Waals surface area contributed by atoms with E-state index in [0.29, 0.717) is 24.0 Å². The van der Waals surface area contributed by atoms with E-state index in [1.165, 1.54) is 36.4 Å². The highest BCUT2D eigenvalue weighted by Gasteiger charge is 2.47. The van der Waals surface area contributed by atoms with Gasteiger partial charge >= 0.3 is 6.18 Å². The summed E-state index contributed by atoms with van der Waals surface area (Å²) in [7, 11) is -3.36. The predicted molar refractivity (Wildman–Crippen MR) is 126 cm³/mol. The second-order valence-electron chi connectivity index (χ2n) is 9.43. The Morgan fingerprint density at radius 1 is 1.06 bits per heavy atom. The number of nitriles is 1. The van der Waals surface area contributed by atoms with Gasteiger partial charge in [0.05, 0.1) is 17.0 Å². The minimum absolute atomic E-state index is 0.0540. The van der Waals surface area contributed by atoms with Crippen LogP contribution in [0.4, 0.5) is 13.2 Å². The Labute approximate surface area is 203 Å². The lowest BCUT2D eigenvalue weighted by atomic mass is 9.97. The molecule has 2 N–H and O–H groups in total. The summed E-state index contributed by atoms with van der Waals surface area (Å²) in [6, 6.07) is 10.6. The molecule has 0 heterocycles. The van der Waals surface area contributed by atoms with E-state index < -0.39 is 39.5 Å².